The average Bonchev–Trinajstić information content (AvgIpc) is 2.98. The number of phenols is 2. The molecule has 0 saturated heterocycles. The number of nitrogens with zero attached hydrogens (tertiary/aromatic N) is 3. The highest BCUT2D eigenvalue weighted by atomic mass is 16.3. The average molecular weight is 310 g/mol. The largest absolute Gasteiger partial charge is 0.504 e. The van der Waals surface area contributed by atoms with Crippen molar-refractivity contribution < 1.29 is 15.0 Å². The minimum atomic E-state index is -0.422. The lowest BCUT2D eigenvalue weighted by Gasteiger charge is -2.04. The number of hydrogen-bond acceptors (Lipinski definition) is 5. The third kappa shape index (κ3) is 3.46. The van der Waals surface area contributed by atoms with Gasteiger partial charge in [-0.05, 0) is 35.9 Å². The van der Waals surface area contributed by atoms with Crippen LogP contribution < -0.4 is 5.32 Å². The van der Waals surface area contributed by atoms with Crippen LogP contribution in [0.4, 0.5) is 5.82 Å². The van der Waals surface area contributed by atoms with E-state index in [1.165, 1.54) is 18.2 Å². The predicted octanol–water partition coefficient (Wildman–Crippen LogP) is 1.99. The number of aromatic hydroxyl groups is 2. The van der Waals surface area contributed by atoms with Crippen LogP contribution in [-0.4, -0.2) is 30.9 Å². The van der Waals surface area contributed by atoms with Crippen LogP contribution >= 0.6 is 0 Å². The number of benzene rings is 1. The van der Waals surface area contributed by atoms with Gasteiger partial charge in [0.2, 0.25) is 0 Å². The Morgan fingerprint density at radius 2 is 1.87 bits per heavy atom. The number of rotatable bonds is 4. The van der Waals surface area contributed by atoms with Crippen LogP contribution in [-0.2, 0) is 6.54 Å². The van der Waals surface area contributed by atoms with Gasteiger partial charge in [0.1, 0.15) is 0 Å². The Balaban J connectivity index is 1.68. The lowest BCUT2D eigenvalue weighted by Crippen LogP contribution is -2.12. The Hall–Kier alpha value is -3.35. The van der Waals surface area contributed by atoms with Crippen LogP contribution in [0.3, 0.4) is 0 Å². The molecule has 0 aliphatic heterocycles. The maximum Gasteiger partial charge on any atom is 0.257 e. The Kier molecular flexibility index (Phi) is 3.92. The van der Waals surface area contributed by atoms with Crippen molar-refractivity contribution in [3.05, 3.63) is 66.1 Å². The molecule has 1 amide bonds. The molecule has 1 aromatic carbocycles. The molecular formula is C16H14N4O3. The summed E-state index contributed by atoms with van der Waals surface area (Å²) in [6, 6.07) is 9.32. The first-order valence-corrected chi connectivity index (χ1v) is 6.87. The summed E-state index contributed by atoms with van der Waals surface area (Å²) < 4.78 is 1.69. The molecule has 0 aliphatic rings. The van der Waals surface area contributed by atoms with Gasteiger partial charge in [-0.3, -0.25) is 14.5 Å². The van der Waals surface area contributed by atoms with E-state index in [0.29, 0.717) is 12.4 Å². The van der Waals surface area contributed by atoms with E-state index in [-0.39, 0.29) is 17.1 Å². The number of nitrogens with one attached hydrogen (secondary N) is 1. The molecular weight excluding hydrogens is 296 g/mol. The second-order valence-corrected chi connectivity index (χ2v) is 4.91. The summed E-state index contributed by atoms with van der Waals surface area (Å²) in [7, 11) is 0. The monoisotopic (exact) mass is 310 g/mol. The van der Waals surface area contributed by atoms with Crippen molar-refractivity contribution in [2.24, 2.45) is 0 Å². The summed E-state index contributed by atoms with van der Waals surface area (Å²) in [6.07, 6.45) is 5.17. The first-order valence-electron chi connectivity index (χ1n) is 6.87. The molecule has 3 rings (SSSR count). The van der Waals surface area contributed by atoms with Gasteiger partial charge in [0, 0.05) is 30.2 Å². The highest BCUT2D eigenvalue weighted by molar-refractivity contribution is 6.04. The van der Waals surface area contributed by atoms with Crippen molar-refractivity contribution in [2.75, 3.05) is 5.32 Å². The second-order valence-electron chi connectivity index (χ2n) is 4.91. The molecule has 0 saturated carbocycles. The van der Waals surface area contributed by atoms with E-state index in [1.54, 1.807) is 29.3 Å². The molecule has 0 radical (unpaired) electrons. The molecule has 0 unspecified atom stereocenters. The Bertz CT molecular complexity index is 830. The van der Waals surface area contributed by atoms with Crippen LogP contribution in [0, 0.1) is 0 Å². The van der Waals surface area contributed by atoms with E-state index in [2.05, 4.69) is 15.4 Å². The normalized spacial score (nSPS) is 10.4. The minimum absolute atomic E-state index is 0.226. The molecule has 0 atom stereocenters. The van der Waals surface area contributed by atoms with Crippen LogP contribution in [0.5, 0.6) is 11.5 Å². The summed E-state index contributed by atoms with van der Waals surface area (Å²) >= 11 is 0. The van der Waals surface area contributed by atoms with Gasteiger partial charge in [-0.15, -0.1) is 0 Å². The molecule has 0 fully saturated rings. The summed E-state index contributed by atoms with van der Waals surface area (Å²) in [4.78, 5) is 16.0. The third-order valence-electron chi connectivity index (χ3n) is 3.21. The fourth-order valence-corrected chi connectivity index (χ4v) is 2.04. The van der Waals surface area contributed by atoms with Gasteiger partial charge in [-0.25, -0.2) is 0 Å². The van der Waals surface area contributed by atoms with Crippen molar-refractivity contribution in [1.29, 1.82) is 0 Å². The molecule has 0 spiro atoms. The lowest BCUT2D eigenvalue weighted by atomic mass is 10.2. The molecule has 0 aliphatic carbocycles. The Morgan fingerprint density at radius 3 is 2.61 bits per heavy atom. The van der Waals surface area contributed by atoms with E-state index >= 15 is 0 Å². The minimum Gasteiger partial charge on any atom is -0.504 e. The summed E-state index contributed by atoms with van der Waals surface area (Å²) in [5.41, 5.74) is 1.27. The number of anilines is 1. The predicted molar refractivity (Wildman–Crippen MR) is 83.3 cm³/mol. The number of phenolic OH excluding ortho intramolecular Hbond substituents is 2. The molecule has 23 heavy (non-hydrogen) atoms. The maximum atomic E-state index is 12.1. The van der Waals surface area contributed by atoms with Crippen LogP contribution in [0.2, 0.25) is 0 Å². The second kappa shape index (κ2) is 6.18. The number of aromatic nitrogens is 3. The van der Waals surface area contributed by atoms with Gasteiger partial charge in [0.05, 0.1) is 6.54 Å². The van der Waals surface area contributed by atoms with E-state index in [0.717, 1.165) is 5.56 Å². The van der Waals surface area contributed by atoms with Gasteiger partial charge in [-0.2, -0.15) is 5.10 Å². The van der Waals surface area contributed by atoms with Gasteiger partial charge in [0.15, 0.2) is 17.3 Å². The zero-order chi connectivity index (χ0) is 16.2. The molecule has 116 valence electrons. The van der Waals surface area contributed by atoms with Crippen LogP contribution in [0.15, 0.2) is 55.0 Å². The molecule has 2 aromatic heterocycles. The van der Waals surface area contributed by atoms with Crippen molar-refractivity contribution in [1.82, 2.24) is 14.8 Å². The standard InChI is InChI=1S/C16H14N4O3/c21-13-2-1-12(9-14(13)22)16(23)18-15-5-8-20(19-15)10-11-3-6-17-7-4-11/h1-9,21-22H,10H2,(H,18,19,23). The van der Waals surface area contributed by atoms with Crippen molar-refractivity contribution in [3.8, 4) is 11.5 Å². The molecule has 7 heteroatoms. The SMILES string of the molecule is O=C(Nc1ccn(Cc2ccncc2)n1)c1ccc(O)c(O)c1. The Morgan fingerprint density at radius 1 is 1.09 bits per heavy atom. The Labute approximate surface area is 131 Å². The van der Waals surface area contributed by atoms with Crippen molar-refractivity contribution >= 4 is 11.7 Å². The molecule has 2 heterocycles. The number of carbonyl (C=O) groups is 1. The molecule has 7 nitrogen and oxygen atoms in total. The zero-order valence-electron chi connectivity index (χ0n) is 12.0. The van der Waals surface area contributed by atoms with E-state index < -0.39 is 5.91 Å². The molecule has 3 N–H and O–H groups in total. The van der Waals surface area contributed by atoms with Gasteiger partial charge in [-0.1, -0.05) is 0 Å². The lowest BCUT2D eigenvalue weighted by molar-refractivity contribution is 0.102. The third-order valence-corrected chi connectivity index (χ3v) is 3.21. The molecule has 0 bridgehead atoms. The molecule has 3 aromatic rings. The number of amides is 1. The van der Waals surface area contributed by atoms with Gasteiger partial charge < -0.3 is 15.5 Å². The zero-order valence-corrected chi connectivity index (χ0v) is 12.0. The summed E-state index contributed by atoms with van der Waals surface area (Å²) in [5, 5.41) is 25.6. The fourth-order valence-electron chi connectivity index (χ4n) is 2.04. The van der Waals surface area contributed by atoms with E-state index in [9.17, 15) is 15.0 Å². The van der Waals surface area contributed by atoms with Crippen molar-refractivity contribution in [3.63, 3.8) is 0 Å². The van der Waals surface area contributed by atoms with Gasteiger partial charge >= 0.3 is 0 Å². The fraction of sp³-hybridized carbons (Fsp3) is 0.0625. The highest BCUT2D eigenvalue weighted by Gasteiger charge is 2.10. The summed E-state index contributed by atoms with van der Waals surface area (Å²) in [6.45, 7) is 0.568. The number of hydrogen-bond donors (Lipinski definition) is 3. The van der Waals surface area contributed by atoms with Gasteiger partial charge in [0.25, 0.3) is 5.91 Å². The van der Waals surface area contributed by atoms with E-state index in [1.807, 2.05) is 12.1 Å². The number of carbonyl (C=O) groups excluding carboxylic acids is 1. The first kappa shape index (κ1) is 14.6. The van der Waals surface area contributed by atoms with E-state index in [4.69, 9.17) is 0 Å². The quantitative estimate of drug-likeness (QED) is 0.640. The first-order chi connectivity index (χ1) is 11.1. The van der Waals surface area contributed by atoms with Crippen LogP contribution in [0.25, 0.3) is 0 Å². The number of pyridine rings is 1. The maximum absolute atomic E-state index is 12.1. The van der Waals surface area contributed by atoms with Crippen LogP contribution in [0.1, 0.15) is 15.9 Å². The topological polar surface area (TPSA) is 100 Å². The smallest absolute Gasteiger partial charge is 0.257 e. The van der Waals surface area contributed by atoms with Crippen molar-refractivity contribution in [2.45, 2.75) is 6.54 Å². The highest BCUT2D eigenvalue weighted by Crippen LogP contribution is 2.25. The summed E-state index contributed by atoms with van der Waals surface area (Å²) in [5.74, 6) is -0.643.